The Morgan fingerprint density at radius 3 is 2.77 bits per heavy atom. The first kappa shape index (κ1) is 21.9. The second-order valence-corrected chi connectivity index (χ2v) is 8.53. The SMILES string of the molecule is Cc1cc(C(=O)N2CCC3(CC2)CC(OCCOCc2ccccc2)CCO3)ccn1. The van der Waals surface area contributed by atoms with Crippen LogP contribution in [0.4, 0.5) is 0 Å². The van der Waals surface area contributed by atoms with Gasteiger partial charge in [-0.3, -0.25) is 9.78 Å². The number of rotatable bonds is 7. The number of aromatic nitrogens is 1. The molecule has 0 aliphatic carbocycles. The minimum atomic E-state index is -0.168. The Bertz CT molecular complexity index is 850. The summed E-state index contributed by atoms with van der Waals surface area (Å²) in [7, 11) is 0. The zero-order valence-electron chi connectivity index (χ0n) is 18.3. The molecule has 0 radical (unpaired) electrons. The number of carbonyl (C=O) groups excluding carboxylic acids is 1. The highest BCUT2D eigenvalue weighted by Crippen LogP contribution is 2.36. The molecule has 0 bridgehead atoms. The number of likely N-dealkylation sites (tertiary alicyclic amines) is 1. The molecule has 0 N–H and O–H groups in total. The molecule has 1 atom stereocenters. The van der Waals surface area contributed by atoms with E-state index in [4.69, 9.17) is 14.2 Å². The molecule has 0 saturated carbocycles. The van der Waals surface area contributed by atoms with Gasteiger partial charge in [0.2, 0.25) is 0 Å². The summed E-state index contributed by atoms with van der Waals surface area (Å²) < 4.78 is 18.1. The molecule has 31 heavy (non-hydrogen) atoms. The Balaban J connectivity index is 1.20. The van der Waals surface area contributed by atoms with E-state index in [9.17, 15) is 4.79 Å². The van der Waals surface area contributed by atoms with Gasteiger partial charge in [0.1, 0.15) is 0 Å². The van der Waals surface area contributed by atoms with Crippen molar-refractivity contribution in [1.29, 1.82) is 0 Å². The van der Waals surface area contributed by atoms with Gasteiger partial charge in [-0.05, 0) is 43.9 Å². The lowest BCUT2D eigenvalue weighted by molar-refractivity contribution is -0.155. The van der Waals surface area contributed by atoms with Crippen molar-refractivity contribution in [2.45, 2.75) is 50.9 Å². The number of benzene rings is 1. The largest absolute Gasteiger partial charge is 0.376 e. The van der Waals surface area contributed by atoms with Crippen LogP contribution in [-0.4, -0.2) is 60.4 Å². The van der Waals surface area contributed by atoms with E-state index >= 15 is 0 Å². The Morgan fingerprint density at radius 2 is 2.00 bits per heavy atom. The van der Waals surface area contributed by atoms with Gasteiger partial charge >= 0.3 is 0 Å². The molecule has 2 aromatic rings. The van der Waals surface area contributed by atoms with E-state index in [2.05, 4.69) is 17.1 Å². The number of pyridine rings is 1. The molecular weight excluding hydrogens is 392 g/mol. The average Bonchev–Trinajstić information content (AvgIpc) is 2.80. The molecule has 1 spiro atoms. The lowest BCUT2D eigenvalue weighted by Gasteiger charge is -2.46. The van der Waals surface area contributed by atoms with Gasteiger partial charge in [0, 0.05) is 43.6 Å². The molecule has 1 amide bonds. The normalized spacial score (nSPS) is 20.7. The van der Waals surface area contributed by atoms with Crippen LogP contribution in [0, 0.1) is 6.92 Å². The maximum absolute atomic E-state index is 12.8. The first-order chi connectivity index (χ1) is 15.1. The first-order valence-electron chi connectivity index (χ1n) is 11.2. The number of aryl methyl sites for hydroxylation is 1. The van der Waals surface area contributed by atoms with Gasteiger partial charge < -0.3 is 19.1 Å². The van der Waals surface area contributed by atoms with Crippen LogP contribution in [0.5, 0.6) is 0 Å². The second kappa shape index (κ2) is 10.4. The van der Waals surface area contributed by atoms with Crippen LogP contribution in [0.15, 0.2) is 48.7 Å². The summed E-state index contributed by atoms with van der Waals surface area (Å²) in [5, 5.41) is 0. The predicted molar refractivity (Wildman–Crippen MR) is 118 cm³/mol. The number of amides is 1. The van der Waals surface area contributed by atoms with Crippen LogP contribution in [0.2, 0.25) is 0 Å². The van der Waals surface area contributed by atoms with Crippen molar-refractivity contribution in [2.24, 2.45) is 0 Å². The Labute approximate surface area is 184 Å². The fraction of sp³-hybridized carbons (Fsp3) is 0.520. The van der Waals surface area contributed by atoms with Crippen LogP contribution in [0.1, 0.15) is 47.3 Å². The highest BCUT2D eigenvalue weighted by molar-refractivity contribution is 5.94. The molecule has 166 valence electrons. The molecule has 2 saturated heterocycles. The van der Waals surface area contributed by atoms with Crippen molar-refractivity contribution < 1.29 is 19.0 Å². The third-order valence-corrected chi connectivity index (χ3v) is 6.25. The first-order valence-corrected chi connectivity index (χ1v) is 11.2. The smallest absolute Gasteiger partial charge is 0.253 e. The summed E-state index contributed by atoms with van der Waals surface area (Å²) in [5.74, 6) is 0.0829. The number of ether oxygens (including phenoxy) is 3. The lowest BCUT2D eigenvalue weighted by Crippen LogP contribution is -2.52. The van der Waals surface area contributed by atoms with Crippen LogP contribution in [0.25, 0.3) is 0 Å². The average molecular weight is 425 g/mol. The van der Waals surface area contributed by atoms with Crippen molar-refractivity contribution in [1.82, 2.24) is 9.88 Å². The molecular formula is C25H32N2O4. The highest BCUT2D eigenvalue weighted by atomic mass is 16.5. The summed E-state index contributed by atoms with van der Waals surface area (Å²) in [6.07, 6.45) is 5.41. The number of nitrogens with zero attached hydrogens (tertiary/aromatic N) is 2. The molecule has 1 unspecified atom stereocenters. The van der Waals surface area contributed by atoms with Crippen LogP contribution in [-0.2, 0) is 20.8 Å². The molecule has 6 heteroatoms. The number of hydrogen-bond donors (Lipinski definition) is 0. The van der Waals surface area contributed by atoms with Crippen LogP contribution in [0.3, 0.4) is 0 Å². The number of hydrogen-bond acceptors (Lipinski definition) is 5. The fourth-order valence-electron chi connectivity index (χ4n) is 4.49. The molecule has 2 aliphatic heterocycles. The van der Waals surface area contributed by atoms with E-state index in [0.29, 0.717) is 45.1 Å². The molecule has 6 nitrogen and oxygen atoms in total. The third-order valence-electron chi connectivity index (χ3n) is 6.25. The minimum Gasteiger partial charge on any atom is -0.376 e. The van der Waals surface area contributed by atoms with Gasteiger partial charge in [0.05, 0.1) is 31.5 Å². The van der Waals surface area contributed by atoms with Crippen LogP contribution < -0.4 is 0 Å². The predicted octanol–water partition coefficient (Wildman–Crippen LogP) is 3.78. The van der Waals surface area contributed by atoms with Gasteiger partial charge in [-0.15, -0.1) is 0 Å². The van der Waals surface area contributed by atoms with Crippen molar-refractivity contribution >= 4 is 5.91 Å². The van der Waals surface area contributed by atoms with Gasteiger partial charge in [0.25, 0.3) is 5.91 Å². The van der Waals surface area contributed by atoms with E-state index < -0.39 is 0 Å². The summed E-state index contributed by atoms with van der Waals surface area (Å²) >= 11 is 0. The summed E-state index contributed by atoms with van der Waals surface area (Å²) in [5.41, 5.74) is 2.59. The van der Waals surface area contributed by atoms with Gasteiger partial charge in [-0.25, -0.2) is 0 Å². The molecule has 3 heterocycles. The van der Waals surface area contributed by atoms with E-state index in [0.717, 1.165) is 31.4 Å². The van der Waals surface area contributed by atoms with Crippen molar-refractivity contribution in [2.75, 3.05) is 32.9 Å². The summed E-state index contributed by atoms with van der Waals surface area (Å²) in [4.78, 5) is 18.9. The molecule has 4 rings (SSSR count). The third kappa shape index (κ3) is 5.91. The van der Waals surface area contributed by atoms with Crippen molar-refractivity contribution in [3.05, 3.63) is 65.5 Å². The summed E-state index contributed by atoms with van der Waals surface area (Å²) in [6, 6.07) is 13.8. The Morgan fingerprint density at radius 1 is 1.19 bits per heavy atom. The maximum Gasteiger partial charge on any atom is 0.253 e. The fourth-order valence-corrected chi connectivity index (χ4v) is 4.49. The van der Waals surface area contributed by atoms with E-state index in [1.807, 2.05) is 36.1 Å². The molecule has 2 fully saturated rings. The molecule has 1 aromatic heterocycles. The highest BCUT2D eigenvalue weighted by Gasteiger charge is 2.41. The van der Waals surface area contributed by atoms with E-state index in [1.165, 1.54) is 5.56 Å². The van der Waals surface area contributed by atoms with E-state index in [1.54, 1.807) is 12.3 Å². The van der Waals surface area contributed by atoms with Crippen molar-refractivity contribution in [3.8, 4) is 0 Å². The Kier molecular flexibility index (Phi) is 7.33. The molecule has 1 aromatic carbocycles. The minimum absolute atomic E-state index is 0.0829. The second-order valence-electron chi connectivity index (χ2n) is 8.53. The Hall–Kier alpha value is -2.28. The van der Waals surface area contributed by atoms with Gasteiger partial charge in [-0.1, -0.05) is 30.3 Å². The lowest BCUT2D eigenvalue weighted by atomic mass is 9.83. The quantitative estimate of drug-likeness (QED) is 0.633. The number of piperidine rings is 1. The topological polar surface area (TPSA) is 60.9 Å². The zero-order chi connectivity index (χ0) is 21.5. The standard InChI is InChI=1S/C25H32N2O4/c1-20-17-22(7-11-26-20)24(28)27-12-9-25(10-13-27)18-23(8-14-31-25)30-16-15-29-19-21-5-3-2-4-6-21/h2-7,11,17,23H,8-10,12-16,18-19H2,1H3. The van der Waals surface area contributed by atoms with Crippen molar-refractivity contribution in [3.63, 3.8) is 0 Å². The number of carbonyl (C=O) groups is 1. The van der Waals surface area contributed by atoms with Crippen LogP contribution >= 0.6 is 0 Å². The van der Waals surface area contributed by atoms with Gasteiger partial charge in [-0.2, -0.15) is 0 Å². The summed E-state index contributed by atoms with van der Waals surface area (Å²) in [6.45, 7) is 5.85. The maximum atomic E-state index is 12.8. The zero-order valence-corrected chi connectivity index (χ0v) is 18.3. The monoisotopic (exact) mass is 424 g/mol. The molecule has 2 aliphatic rings. The van der Waals surface area contributed by atoms with Gasteiger partial charge in [0.15, 0.2) is 0 Å². The van der Waals surface area contributed by atoms with E-state index in [-0.39, 0.29) is 17.6 Å².